The molecule has 1 rings (SSSR count). The highest BCUT2D eigenvalue weighted by atomic mass is 79.9. The van der Waals surface area contributed by atoms with E-state index in [1.54, 1.807) is 0 Å². The quantitative estimate of drug-likeness (QED) is 0.896. The van der Waals surface area contributed by atoms with E-state index >= 15 is 0 Å². The van der Waals surface area contributed by atoms with Gasteiger partial charge in [0.1, 0.15) is 0 Å². The van der Waals surface area contributed by atoms with Crippen LogP contribution in [0.1, 0.15) is 31.4 Å². The molecule has 0 spiro atoms. The number of hydrogen-bond donors (Lipinski definition) is 2. The van der Waals surface area contributed by atoms with E-state index in [0.717, 1.165) is 22.9 Å². The molecule has 2 atom stereocenters. The Morgan fingerprint density at radius 3 is 2.33 bits per heavy atom. The predicted molar refractivity (Wildman–Crippen MR) is 69.2 cm³/mol. The molecule has 1 aromatic rings. The SMILES string of the molecule is CCC[C@@H](O)[C@@H](N)c1ccc(Br)cc1.Cl. The maximum absolute atomic E-state index is 9.70. The van der Waals surface area contributed by atoms with E-state index < -0.39 is 6.10 Å². The number of hydrogen-bond acceptors (Lipinski definition) is 2. The van der Waals surface area contributed by atoms with Crippen LogP contribution in [-0.2, 0) is 0 Å². The van der Waals surface area contributed by atoms with E-state index in [-0.39, 0.29) is 18.4 Å². The summed E-state index contributed by atoms with van der Waals surface area (Å²) >= 11 is 3.36. The number of halogens is 2. The average molecular weight is 295 g/mol. The average Bonchev–Trinajstić information content (AvgIpc) is 2.18. The summed E-state index contributed by atoms with van der Waals surface area (Å²) in [5.74, 6) is 0. The second-order valence-corrected chi connectivity index (χ2v) is 4.35. The van der Waals surface area contributed by atoms with E-state index in [0.29, 0.717) is 0 Å². The summed E-state index contributed by atoms with van der Waals surface area (Å²) in [6, 6.07) is 7.48. The molecule has 0 fully saturated rings. The summed E-state index contributed by atoms with van der Waals surface area (Å²) in [7, 11) is 0. The Morgan fingerprint density at radius 1 is 1.33 bits per heavy atom. The van der Waals surface area contributed by atoms with Gasteiger partial charge in [0.25, 0.3) is 0 Å². The van der Waals surface area contributed by atoms with E-state index in [1.807, 2.05) is 31.2 Å². The third-order valence-electron chi connectivity index (χ3n) is 2.25. The lowest BCUT2D eigenvalue weighted by molar-refractivity contribution is 0.134. The molecule has 0 heterocycles. The summed E-state index contributed by atoms with van der Waals surface area (Å²) in [5.41, 5.74) is 6.89. The fourth-order valence-corrected chi connectivity index (χ4v) is 1.65. The van der Waals surface area contributed by atoms with Crippen molar-refractivity contribution in [2.45, 2.75) is 31.9 Å². The van der Waals surface area contributed by atoms with Crippen LogP contribution in [0.5, 0.6) is 0 Å². The van der Waals surface area contributed by atoms with Crippen molar-refractivity contribution in [1.82, 2.24) is 0 Å². The van der Waals surface area contributed by atoms with Crippen LogP contribution in [0.25, 0.3) is 0 Å². The molecule has 0 aliphatic heterocycles. The van der Waals surface area contributed by atoms with Crippen LogP contribution in [0, 0.1) is 0 Å². The molecule has 1 aromatic carbocycles. The minimum Gasteiger partial charge on any atom is -0.391 e. The van der Waals surface area contributed by atoms with Crippen LogP contribution in [0.3, 0.4) is 0 Å². The van der Waals surface area contributed by atoms with Gasteiger partial charge in [0.15, 0.2) is 0 Å². The van der Waals surface area contributed by atoms with Gasteiger partial charge < -0.3 is 10.8 Å². The molecular formula is C11H17BrClNO. The van der Waals surface area contributed by atoms with Crippen LogP contribution in [-0.4, -0.2) is 11.2 Å². The van der Waals surface area contributed by atoms with Crippen molar-refractivity contribution in [3.05, 3.63) is 34.3 Å². The largest absolute Gasteiger partial charge is 0.391 e. The lowest BCUT2D eigenvalue weighted by Crippen LogP contribution is -2.25. The van der Waals surface area contributed by atoms with Gasteiger partial charge in [0, 0.05) is 4.47 Å². The van der Waals surface area contributed by atoms with Crippen molar-refractivity contribution in [1.29, 1.82) is 0 Å². The Morgan fingerprint density at radius 2 is 1.87 bits per heavy atom. The van der Waals surface area contributed by atoms with E-state index in [9.17, 15) is 5.11 Å². The van der Waals surface area contributed by atoms with Crippen molar-refractivity contribution < 1.29 is 5.11 Å². The Kier molecular flexibility index (Phi) is 7.18. The van der Waals surface area contributed by atoms with Crippen molar-refractivity contribution >= 4 is 28.3 Å². The van der Waals surface area contributed by atoms with Crippen molar-refractivity contribution in [3.8, 4) is 0 Å². The first-order valence-corrected chi connectivity index (χ1v) is 5.63. The molecule has 0 radical (unpaired) electrons. The fourth-order valence-electron chi connectivity index (χ4n) is 1.38. The minimum absolute atomic E-state index is 0. The van der Waals surface area contributed by atoms with Gasteiger partial charge in [-0.15, -0.1) is 12.4 Å². The zero-order valence-corrected chi connectivity index (χ0v) is 11.1. The van der Waals surface area contributed by atoms with Crippen LogP contribution in [0.4, 0.5) is 0 Å². The third kappa shape index (κ3) is 4.51. The van der Waals surface area contributed by atoms with Gasteiger partial charge in [-0.25, -0.2) is 0 Å². The third-order valence-corrected chi connectivity index (χ3v) is 2.78. The minimum atomic E-state index is -0.443. The Labute approximate surface area is 105 Å². The first kappa shape index (κ1) is 14.9. The zero-order valence-electron chi connectivity index (χ0n) is 8.69. The maximum Gasteiger partial charge on any atom is 0.0732 e. The van der Waals surface area contributed by atoms with Crippen molar-refractivity contribution in [3.63, 3.8) is 0 Å². The van der Waals surface area contributed by atoms with Gasteiger partial charge in [-0.2, -0.15) is 0 Å². The normalized spacial score (nSPS) is 14.1. The molecule has 0 aliphatic rings. The summed E-state index contributed by atoms with van der Waals surface area (Å²) in [5, 5.41) is 9.70. The van der Waals surface area contributed by atoms with Crippen molar-refractivity contribution in [2.75, 3.05) is 0 Å². The Hall–Kier alpha value is -0.0900. The van der Waals surface area contributed by atoms with Gasteiger partial charge in [-0.1, -0.05) is 41.4 Å². The number of rotatable bonds is 4. The molecule has 15 heavy (non-hydrogen) atoms. The second-order valence-electron chi connectivity index (χ2n) is 3.43. The zero-order chi connectivity index (χ0) is 10.6. The Bertz CT molecular complexity index is 278. The number of benzene rings is 1. The molecule has 86 valence electrons. The van der Waals surface area contributed by atoms with Crippen LogP contribution >= 0.6 is 28.3 Å². The summed E-state index contributed by atoms with van der Waals surface area (Å²) in [4.78, 5) is 0. The fraction of sp³-hybridized carbons (Fsp3) is 0.455. The van der Waals surface area contributed by atoms with E-state index in [2.05, 4.69) is 15.9 Å². The molecule has 4 heteroatoms. The van der Waals surface area contributed by atoms with Gasteiger partial charge in [-0.3, -0.25) is 0 Å². The first-order chi connectivity index (χ1) is 6.65. The highest BCUT2D eigenvalue weighted by Crippen LogP contribution is 2.19. The molecule has 0 saturated heterocycles. The topological polar surface area (TPSA) is 46.2 Å². The van der Waals surface area contributed by atoms with Gasteiger partial charge >= 0.3 is 0 Å². The number of aliphatic hydroxyl groups excluding tert-OH is 1. The first-order valence-electron chi connectivity index (χ1n) is 4.84. The number of nitrogens with two attached hydrogens (primary N) is 1. The second kappa shape index (κ2) is 7.23. The van der Waals surface area contributed by atoms with Gasteiger partial charge in [-0.05, 0) is 24.1 Å². The maximum atomic E-state index is 9.70. The highest BCUT2D eigenvalue weighted by molar-refractivity contribution is 9.10. The Balaban J connectivity index is 0.00000196. The highest BCUT2D eigenvalue weighted by Gasteiger charge is 2.15. The number of aliphatic hydroxyl groups is 1. The van der Waals surface area contributed by atoms with Gasteiger partial charge in [0.05, 0.1) is 12.1 Å². The standard InChI is InChI=1S/C11H16BrNO.ClH/c1-2-3-10(14)11(13)8-4-6-9(12)7-5-8;/h4-7,10-11,14H,2-3,13H2,1H3;1H/t10-,11+;/m1./s1. The molecular weight excluding hydrogens is 277 g/mol. The molecule has 0 aliphatic carbocycles. The van der Waals surface area contributed by atoms with Crippen molar-refractivity contribution in [2.24, 2.45) is 5.73 Å². The molecule has 3 N–H and O–H groups in total. The van der Waals surface area contributed by atoms with Crippen LogP contribution < -0.4 is 5.73 Å². The monoisotopic (exact) mass is 293 g/mol. The van der Waals surface area contributed by atoms with Crippen LogP contribution in [0.2, 0.25) is 0 Å². The van der Waals surface area contributed by atoms with E-state index in [1.165, 1.54) is 0 Å². The molecule has 2 nitrogen and oxygen atoms in total. The lowest BCUT2D eigenvalue weighted by Gasteiger charge is -2.18. The molecule has 0 amide bonds. The molecule has 0 saturated carbocycles. The molecule has 0 bridgehead atoms. The summed E-state index contributed by atoms with van der Waals surface area (Å²) in [6.07, 6.45) is 1.25. The van der Waals surface area contributed by atoms with E-state index in [4.69, 9.17) is 5.73 Å². The lowest BCUT2D eigenvalue weighted by atomic mass is 9.99. The smallest absolute Gasteiger partial charge is 0.0732 e. The van der Waals surface area contributed by atoms with Gasteiger partial charge in [0.2, 0.25) is 0 Å². The summed E-state index contributed by atoms with van der Waals surface area (Å²) < 4.78 is 1.03. The molecule has 0 unspecified atom stereocenters. The summed E-state index contributed by atoms with van der Waals surface area (Å²) in [6.45, 7) is 2.04. The molecule has 0 aromatic heterocycles. The predicted octanol–water partition coefficient (Wildman–Crippen LogP) is 3.03. The van der Waals surface area contributed by atoms with Crippen LogP contribution in [0.15, 0.2) is 28.7 Å².